The van der Waals surface area contributed by atoms with E-state index in [-0.39, 0.29) is 17.8 Å². The SMILES string of the molecule is CCN1CCCC1CNc1nc(N)nc(Nc2cnc(OC)c(F)c2)n1. The van der Waals surface area contributed by atoms with Crippen molar-refractivity contribution in [3.63, 3.8) is 0 Å². The zero-order chi connectivity index (χ0) is 18.5. The van der Waals surface area contributed by atoms with Crippen LogP contribution in [0.2, 0.25) is 0 Å². The van der Waals surface area contributed by atoms with Crippen LogP contribution in [0, 0.1) is 5.82 Å². The maximum Gasteiger partial charge on any atom is 0.250 e. The van der Waals surface area contributed by atoms with Gasteiger partial charge < -0.3 is 21.1 Å². The molecule has 26 heavy (non-hydrogen) atoms. The number of aromatic nitrogens is 4. The van der Waals surface area contributed by atoms with Gasteiger partial charge in [-0.1, -0.05) is 6.92 Å². The van der Waals surface area contributed by atoms with Crippen molar-refractivity contribution in [3.8, 4) is 5.88 Å². The molecular weight excluding hydrogens is 339 g/mol. The highest BCUT2D eigenvalue weighted by molar-refractivity contribution is 5.54. The second-order valence-corrected chi connectivity index (χ2v) is 5.99. The third-order valence-corrected chi connectivity index (χ3v) is 4.31. The quantitative estimate of drug-likeness (QED) is 0.676. The Kier molecular flexibility index (Phi) is 5.61. The smallest absolute Gasteiger partial charge is 0.250 e. The Morgan fingerprint density at radius 2 is 2.15 bits per heavy atom. The largest absolute Gasteiger partial charge is 0.479 e. The fraction of sp³-hybridized carbons (Fsp3) is 0.500. The molecule has 1 unspecified atom stereocenters. The highest BCUT2D eigenvalue weighted by atomic mass is 19.1. The topological polar surface area (TPSA) is 114 Å². The van der Waals surface area contributed by atoms with Crippen molar-refractivity contribution < 1.29 is 9.13 Å². The molecule has 3 rings (SSSR count). The summed E-state index contributed by atoms with van der Waals surface area (Å²) in [6, 6.07) is 1.70. The van der Waals surface area contributed by atoms with Gasteiger partial charge in [0.15, 0.2) is 5.82 Å². The van der Waals surface area contributed by atoms with E-state index in [1.165, 1.54) is 25.8 Å². The molecule has 9 nitrogen and oxygen atoms in total. The molecule has 0 amide bonds. The summed E-state index contributed by atoms with van der Waals surface area (Å²) < 4.78 is 18.6. The lowest BCUT2D eigenvalue weighted by Gasteiger charge is -2.22. The predicted octanol–water partition coefficient (Wildman–Crippen LogP) is 1.64. The number of likely N-dealkylation sites (N-methyl/N-ethyl adjacent to an activating group) is 1. The van der Waals surface area contributed by atoms with E-state index >= 15 is 0 Å². The van der Waals surface area contributed by atoms with Gasteiger partial charge in [-0.3, -0.25) is 4.90 Å². The minimum Gasteiger partial charge on any atom is -0.479 e. The molecule has 2 aromatic rings. The van der Waals surface area contributed by atoms with Crippen molar-refractivity contribution >= 4 is 23.5 Å². The van der Waals surface area contributed by atoms with Crippen molar-refractivity contribution in [2.75, 3.05) is 43.1 Å². The first-order valence-electron chi connectivity index (χ1n) is 8.55. The van der Waals surface area contributed by atoms with Gasteiger partial charge in [-0.25, -0.2) is 9.37 Å². The van der Waals surface area contributed by atoms with Crippen LogP contribution in [0.5, 0.6) is 5.88 Å². The average molecular weight is 362 g/mol. The average Bonchev–Trinajstić information content (AvgIpc) is 3.07. The number of likely N-dealkylation sites (tertiary alicyclic amines) is 1. The van der Waals surface area contributed by atoms with Gasteiger partial charge in [0.05, 0.1) is 19.0 Å². The Labute approximate surface area is 151 Å². The van der Waals surface area contributed by atoms with Gasteiger partial charge >= 0.3 is 0 Å². The maximum atomic E-state index is 13.8. The zero-order valence-corrected chi connectivity index (χ0v) is 14.9. The van der Waals surface area contributed by atoms with Gasteiger partial charge in [0.2, 0.25) is 23.7 Å². The van der Waals surface area contributed by atoms with Crippen LogP contribution in [-0.4, -0.2) is 57.6 Å². The number of methoxy groups -OCH3 is 1. The molecular formula is C16H23FN8O. The molecule has 10 heteroatoms. The van der Waals surface area contributed by atoms with Crippen LogP contribution in [0.25, 0.3) is 0 Å². The number of nitrogens with one attached hydrogen (secondary N) is 2. The lowest BCUT2D eigenvalue weighted by molar-refractivity contribution is 0.277. The number of hydrogen-bond donors (Lipinski definition) is 3. The fourth-order valence-electron chi connectivity index (χ4n) is 3.05. The minimum absolute atomic E-state index is 0.0747. The van der Waals surface area contributed by atoms with E-state index in [1.807, 2.05) is 0 Å². The van der Waals surface area contributed by atoms with Crippen LogP contribution in [0.4, 0.5) is 27.9 Å². The Morgan fingerprint density at radius 1 is 1.35 bits per heavy atom. The number of rotatable bonds is 7. The van der Waals surface area contributed by atoms with E-state index in [0.717, 1.165) is 26.1 Å². The molecule has 0 aliphatic carbocycles. The lowest BCUT2D eigenvalue weighted by Crippen LogP contribution is -2.35. The molecule has 4 N–H and O–H groups in total. The predicted molar refractivity (Wildman–Crippen MR) is 97.0 cm³/mol. The third kappa shape index (κ3) is 4.26. The molecule has 1 aliphatic rings. The van der Waals surface area contributed by atoms with E-state index in [2.05, 4.69) is 42.4 Å². The highest BCUT2D eigenvalue weighted by Crippen LogP contribution is 2.20. The summed E-state index contributed by atoms with van der Waals surface area (Å²) in [5.41, 5.74) is 6.15. The van der Waals surface area contributed by atoms with Crippen molar-refractivity contribution in [3.05, 3.63) is 18.1 Å². The van der Waals surface area contributed by atoms with Gasteiger partial charge in [-0.15, -0.1) is 0 Å². The summed E-state index contributed by atoms with van der Waals surface area (Å²) in [6.07, 6.45) is 3.76. The molecule has 0 spiro atoms. The molecule has 0 bridgehead atoms. The molecule has 0 radical (unpaired) electrons. The minimum atomic E-state index is -0.584. The fourth-order valence-corrected chi connectivity index (χ4v) is 3.05. The van der Waals surface area contributed by atoms with Crippen molar-refractivity contribution in [2.24, 2.45) is 0 Å². The maximum absolute atomic E-state index is 13.8. The Morgan fingerprint density at radius 3 is 2.88 bits per heavy atom. The summed E-state index contributed by atoms with van der Waals surface area (Å²) in [6.45, 7) is 5.03. The number of anilines is 4. The molecule has 140 valence electrons. The number of nitrogen functional groups attached to an aromatic ring is 1. The van der Waals surface area contributed by atoms with Gasteiger partial charge in [0, 0.05) is 18.7 Å². The Balaban J connectivity index is 1.68. The lowest BCUT2D eigenvalue weighted by atomic mass is 10.2. The molecule has 1 fully saturated rings. The van der Waals surface area contributed by atoms with Gasteiger partial charge in [0.1, 0.15) is 0 Å². The first kappa shape index (κ1) is 18.1. The second kappa shape index (κ2) is 8.09. The number of ether oxygens (including phenoxy) is 1. The summed E-state index contributed by atoms with van der Waals surface area (Å²) in [4.78, 5) is 18.7. The van der Waals surface area contributed by atoms with Crippen LogP contribution in [0.15, 0.2) is 12.3 Å². The van der Waals surface area contributed by atoms with Crippen LogP contribution >= 0.6 is 0 Å². The Hall–Kier alpha value is -2.75. The van der Waals surface area contributed by atoms with Crippen LogP contribution < -0.4 is 21.1 Å². The van der Waals surface area contributed by atoms with Crippen LogP contribution in [-0.2, 0) is 0 Å². The number of halogens is 1. The summed E-state index contributed by atoms with van der Waals surface area (Å²) in [5.74, 6) is 0.00428. The molecule has 0 saturated carbocycles. The van der Waals surface area contributed by atoms with Crippen LogP contribution in [0.3, 0.4) is 0 Å². The first-order chi connectivity index (χ1) is 12.6. The molecule has 0 aromatic carbocycles. The number of hydrogen-bond acceptors (Lipinski definition) is 9. The molecule has 1 aliphatic heterocycles. The van der Waals surface area contributed by atoms with Crippen molar-refractivity contribution in [1.82, 2.24) is 24.8 Å². The third-order valence-electron chi connectivity index (χ3n) is 4.31. The zero-order valence-electron chi connectivity index (χ0n) is 14.9. The van der Waals surface area contributed by atoms with Gasteiger partial charge in [-0.2, -0.15) is 15.0 Å². The van der Waals surface area contributed by atoms with E-state index in [9.17, 15) is 4.39 Å². The second-order valence-electron chi connectivity index (χ2n) is 5.99. The monoisotopic (exact) mass is 362 g/mol. The Bertz CT molecular complexity index is 759. The first-order valence-corrected chi connectivity index (χ1v) is 8.55. The molecule has 1 atom stereocenters. The van der Waals surface area contributed by atoms with Gasteiger partial charge in [-0.05, 0) is 25.9 Å². The highest BCUT2D eigenvalue weighted by Gasteiger charge is 2.22. The number of pyridine rings is 1. The standard InChI is InChI=1S/C16H23FN8O/c1-3-25-6-4-5-11(25)9-20-15-22-14(18)23-16(24-15)21-10-7-12(17)13(26-2)19-8-10/h7-8,11H,3-6,9H2,1-2H3,(H4,18,20,21,22,23,24). The molecule has 2 aromatic heterocycles. The summed E-state index contributed by atoms with van der Waals surface area (Å²) >= 11 is 0. The van der Waals surface area contributed by atoms with Gasteiger partial charge in [0.25, 0.3) is 0 Å². The van der Waals surface area contributed by atoms with E-state index in [0.29, 0.717) is 17.7 Å². The number of nitrogens with two attached hydrogens (primary N) is 1. The van der Waals surface area contributed by atoms with Crippen molar-refractivity contribution in [1.29, 1.82) is 0 Å². The van der Waals surface area contributed by atoms with Crippen LogP contribution in [0.1, 0.15) is 19.8 Å². The summed E-state index contributed by atoms with van der Waals surface area (Å²) in [5, 5.41) is 6.09. The normalized spacial score (nSPS) is 17.3. The van der Waals surface area contributed by atoms with Crippen molar-refractivity contribution in [2.45, 2.75) is 25.8 Å². The van der Waals surface area contributed by atoms with E-state index < -0.39 is 5.82 Å². The number of nitrogens with zero attached hydrogens (tertiary/aromatic N) is 5. The molecule has 1 saturated heterocycles. The van der Waals surface area contributed by atoms with E-state index in [1.54, 1.807) is 0 Å². The summed E-state index contributed by atoms with van der Waals surface area (Å²) in [7, 11) is 1.35. The van der Waals surface area contributed by atoms with E-state index in [4.69, 9.17) is 10.5 Å². The molecule has 3 heterocycles.